The quantitative estimate of drug-likeness (QED) is 0.587. The molecule has 2 atom stereocenters. The molecule has 1 amide bonds. The summed E-state index contributed by atoms with van der Waals surface area (Å²) in [7, 11) is -3.52. The Labute approximate surface area is 166 Å². The Bertz CT molecular complexity index is 900. The predicted octanol–water partition coefficient (Wildman–Crippen LogP) is 1.75. The van der Waals surface area contributed by atoms with Gasteiger partial charge in [0.25, 0.3) is 0 Å². The highest BCUT2D eigenvalue weighted by molar-refractivity contribution is 7.89. The molecule has 0 radical (unpaired) electrons. The van der Waals surface area contributed by atoms with Crippen LogP contribution < -0.4 is 15.8 Å². The van der Waals surface area contributed by atoms with Crippen LogP contribution in [0.25, 0.3) is 0 Å². The van der Waals surface area contributed by atoms with Crippen molar-refractivity contribution >= 4 is 15.9 Å². The summed E-state index contributed by atoms with van der Waals surface area (Å²) in [5, 5.41) is 3.04. The fourth-order valence-electron chi connectivity index (χ4n) is 3.47. The highest BCUT2D eigenvalue weighted by Gasteiger charge is 2.22. The standard InChI is InChI=1S/C21H27N3O3S/c22-20(11-6-14-23-28(26,27)19-9-2-1-3-10-19)21(25)24-18-13-12-16-7-4-5-8-17(16)15-18/h1-5,7-10,18,20,23H,6,11-15,22H2,(H,24,25)/t18?,20-/m0/s1. The van der Waals surface area contributed by atoms with Crippen LogP contribution in [0.4, 0.5) is 0 Å². The first-order chi connectivity index (χ1) is 13.5. The molecule has 150 valence electrons. The number of nitrogens with one attached hydrogen (secondary N) is 2. The van der Waals surface area contributed by atoms with Crippen molar-refractivity contribution in [2.75, 3.05) is 6.54 Å². The van der Waals surface area contributed by atoms with Gasteiger partial charge < -0.3 is 11.1 Å². The number of hydrogen-bond donors (Lipinski definition) is 3. The van der Waals surface area contributed by atoms with Gasteiger partial charge in [0, 0.05) is 12.6 Å². The zero-order chi connectivity index (χ0) is 20.0. The Balaban J connectivity index is 1.40. The molecule has 2 aromatic carbocycles. The molecule has 1 aliphatic carbocycles. The number of fused-ring (bicyclic) bond motifs is 1. The Morgan fingerprint density at radius 2 is 1.75 bits per heavy atom. The summed E-state index contributed by atoms with van der Waals surface area (Å²) in [6.45, 7) is 0.245. The molecule has 0 aliphatic heterocycles. The van der Waals surface area contributed by atoms with E-state index in [-0.39, 0.29) is 23.4 Å². The lowest BCUT2D eigenvalue weighted by Crippen LogP contribution is -2.47. The molecule has 6 nitrogen and oxygen atoms in total. The third kappa shape index (κ3) is 5.41. The topological polar surface area (TPSA) is 101 Å². The van der Waals surface area contributed by atoms with Gasteiger partial charge in [0.15, 0.2) is 0 Å². The molecule has 2 aromatic rings. The van der Waals surface area contributed by atoms with E-state index in [1.807, 2.05) is 12.1 Å². The number of hydrogen-bond acceptors (Lipinski definition) is 4. The van der Waals surface area contributed by atoms with Gasteiger partial charge in [-0.25, -0.2) is 13.1 Å². The SMILES string of the molecule is N[C@@H](CCCNS(=O)(=O)c1ccccc1)C(=O)NC1CCc2ccccc2C1. The van der Waals surface area contributed by atoms with E-state index in [4.69, 9.17) is 5.73 Å². The maximum absolute atomic E-state index is 12.4. The number of carbonyl (C=O) groups is 1. The van der Waals surface area contributed by atoms with Crippen LogP contribution in [0.3, 0.4) is 0 Å². The van der Waals surface area contributed by atoms with E-state index in [1.165, 1.54) is 11.1 Å². The van der Waals surface area contributed by atoms with Crippen LogP contribution in [0.15, 0.2) is 59.5 Å². The molecule has 0 heterocycles. The van der Waals surface area contributed by atoms with Crippen LogP contribution in [0.2, 0.25) is 0 Å². The lowest BCUT2D eigenvalue weighted by atomic mass is 9.88. The molecule has 1 aliphatic rings. The number of amides is 1. The average molecular weight is 402 g/mol. The van der Waals surface area contributed by atoms with Crippen molar-refractivity contribution in [3.8, 4) is 0 Å². The number of benzene rings is 2. The van der Waals surface area contributed by atoms with Gasteiger partial charge in [-0.2, -0.15) is 0 Å². The fraction of sp³-hybridized carbons (Fsp3) is 0.381. The summed E-state index contributed by atoms with van der Waals surface area (Å²) >= 11 is 0. The first-order valence-electron chi connectivity index (χ1n) is 9.63. The van der Waals surface area contributed by atoms with Gasteiger partial charge in [-0.1, -0.05) is 42.5 Å². The van der Waals surface area contributed by atoms with Crippen LogP contribution in [0.5, 0.6) is 0 Å². The number of aryl methyl sites for hydroxylation is 1. The predicted molar refractivity (Wildman–Crippen MR) is 109 cm³/mol. The fourth-order valence-corrected chi connectivity index (χ4v) is 4.57. The first kappa shape index (κ1) is 20.5. The number of sulfonamides is 1. The summed E-state index contributed by atoms with van der Waals surface area (Å²) in [5.41, 5.74) is 8.63. The molecule has 0 aromatic heterocycles. The monoisotopic (exact) mass is 401 g/mol. The first-order valence-corrected chi connectivity index (χ1v) is 11.1. The van der Waals surface area contributed by atoms with Crippen molar-refractivity contribution in [1.82, 2.24) is 10.0 Å². The molecule has 7 heteroatoms. The molecule has 0 spiro atoms. The van der Waals surface area contributed by atoms with E-state index in [2.05, 4.69) is 22.2 Å². The summed E-state index contributed by atoms with van der Waals surface area (Å²) in [4.78, 5) is 12.6. The van der Waals surface area contributed by atoms with Crippen molar-refractivity contribution in [3.63, 3.8) is 0 Å². The van der Waals surface area contributed by atoms with E-state index in [0.717, 1.165) is 19.3 Å². The zero-order valence-electron chi connectivity index (χ0n) is 15.8. The summed E-state index contributed by atoms with van der Waals surface area (Å²) in [6.07, 6.45) is 3.61. The lowest BCUT2D eigenvalue weighted by molar-refractivity contribution is -0.123. The Hall–Kier alpha value is -2.22. The van der Waals surface area contributed by atoms with Gasteiger partial charge in [0.2, 0.25) is 15.9 Å². The molecule has 4 N–H and O–H groups in total. The minimum atomic E-state index is -3.52. The van der Waals surface area contributed by atoms with Crippen molar-refractivity contribution in [3.05, 3.63) is 65.7 Å². The second-order valence-corrected chi connectivity index (χ2v) is 8.94. The van der Waals surface area contributed by atoms with E-state index >= 15 is 0 Å². The second kappa shape index (κ2) is 9.32. The van der Waals surface area contributed by atoms with Gasteiger partial charge in [0.1, 0.15) is 0 Å². The molecule has 0 bridgehead atoms. The van der Waals surface area contributed by atoms with Gasteiger partial charge >= 0.3 is 0 Å². The largest absolute Gasteiger partial charge is 0.352 e. The summed E-state index contributed by atoms with van der Waals surface area (Å²) in [6, 6.07) is 16.0. The Morgan fingerprint density at radius 1 is 1.07 bits per heavy atom. The van der Waals surface area contributed by atoms with Crippen molar-refractivity contribution in [2.45, 2.75) is 49.1 Å². The molecule has 3 rings (SSSR count). The van der Waals surface area contributed by atoms with Crippen LogP contribution in [0, 0.1) is 0 Å². The van der Waals surface area contributed by atoms with Crippen LogP contribution in [-0.2, 0) is 27.7 Å². The van der Waals surface area contributed by atoms with Crippen molar-refractivity contribution < 1.29 is 13.2 Å². The Kier molecular flexibility index (Phi) is 6.83. The molecule has 0 fully saturated rings. The maximum Gasteiger partial charge on any atom is 0.240 e. The highest BCUT2D eigenvalue weighted by atomic mass is 32.2. The number of carbonyl (C=O) groups excluding carboxylic acids is 1. The smallest absolute Gasteiger partial charge is 0.240 e. The molecular weight excluding hydrogens is 374 g/mol. The van der Waals surface area contributed by atoms with Crippen LogP contribution >= 0.6 is 0 Å². The van der Waals surface area contributed by atoms with Gasteiger partial charge in [-0.05, 0) is 55.4 Å². The van der Waals surface area contributed by atoms with Gasteiger partial charge in [0.05, 0.1) is 10.9 Å². The molecule has 28 heavy (non-hydrogen) atoms. The number of rotatable bonds is 8. The van der Waals surface area contributed by atoms with E-state index < -0.39 is 16.1 Å². The highest BCUT2D eigenvalue weighted by Crippen LogP contribution is 2.21. The van der Waals surface area contributed by atoms with E-state index in [0.29, 0.717) is 12.8 Å². The second-order valence-electron chi connectivity index (χ2n) is 7.18. The zero-order valence-corrected chi connectivity index (χ0v) is 16.6. The number of nitrogens with two attached hydrogens (primary N) is 1. The van der Waals surface area contributed by atoms with Gasteiger partial charge in [-0.3, -0.25) is 4.79 Å². The van der Waals surface area contributed by atoms with Gasteiger partial charge in [-0.15, -0.1) is 0 Å². The normalized spacial score (nSPS) is 17.5. The molecule has 0 saturated carbocycles. The molecule has 1 unspecified atom stereocenters. The van der Waals surface area contributed by atoms with E-state index in [1.54, 1.807) is 30.3 Å². The van der Waals surface area contributed by atoms with Crippen molar-refractivity contribution in [2.24, 2.45) is 5.73 Å². The van der Waals surface area contributed by atoms with Crippen LogP contribution in [0.1, 0.15) is 30.4 Å². The van der Waals surface area contributed by atoms with E-state index in [9.17, 15) is 13.2 Å². The summed E-state index contributed by atoms with van der Waals surface area (Å²) in [5.74, 6) is -0.171. The third-order valence-corrected chi connectivity index (χ3v) is 6.54. The average Bonchev–Trinajstić information content (AvgIpc) is 2.71. The molecule has 0 saturated heterocycles. The Morgan fingerprint density at radius 3 is 2.50 bits per heavy atom. The summed E-state index contributed by atoms with van der Waals surface area (Å²) < 4.78 is 26.9. The molecular formula is C21H27N3O3S. The maximum atomic E-state index is 12.4. The lowest BCUT2D eigenvalue weighted by Gasteiger charge is -2.26. The minimum absolute atomic E-state index is 0.102. The van der Waals surface area contributed by atoms with Crippen molar-refractivity contribution in [1.29, 1.82) is 0 Å². The minimum Gasteiger partial charge on any atom is -0.352 e. The third-order valence-electron chi connectivity index (χ3n) is 5.07. The van der Waals surface area contributed by atoms with Crippen LogP contribution in [-0.4, -0.2) is 33.0 Å².